The van der Waals surface area contributed by atoms with Crippen LogP contribution in [-0.4, -0.2) is 6.34 Å². The molecule has 0 atom stereocenters. The summed E-state index contributed by atoms with van der Waals surface area (Å²) in [6, 6.07) is 5.66. The van der Waals surface area contributed by atoms with Gasteiger partial charge in [0.1, 0.15) is 6.34 Å². The van der Waals surface area contributed by atoms with Crippen LogP contribution in [0.3, 0.4) is 0 Å². The smallest absolute Gasteiger partial charge is 0.110 e. The van der Waals surface area contributed by atoms with E-state index in [0.29, 0.717) is 0 Å². The average Bonchev–Trinajstić information content (AvgIpc) is 2.04. The zero-order valence-corrected chi connectivity index (χ0v) is 6.54. The van der Waals surface area contributed by atoms with Gasteiger partial charge in [0.25, 0.3) is 0 Å². The van der Waals surface area contributed by atoms with Crippen molar-refractivity contribution in [3.8, 4) is 0 Å². The van der Waals surface area contributed by atoms with E-state index in [1.54, 1.807) is 6.34 Å². The first-order chi connectivity index (χ1) is 5.36. The molecular weight excluding hydrogens is 160 g/mol. The summed E-state index contributed by atoms with van der Waals surface area (Å²) in [5.74, 6) is 0. The molecule has 0 aromatic heterocycles. The second-order valence-corrected chi connectivity index (χ2v) is 2.79. The van der Waals surface area contributed by atoms with Gasteiger partial charge in [-0.3, -0.25) is 5.32 Å². The van der Waals surface area contributed by atoms with Gasteiger partial charge in [0, 0.05) is 5.02 Å². The first kappa shape index (κ1) is 6.68. The molecule has 0 saturated carbocycles. The Labute approximate surface area is 69.9 Å². The van der Waals surface area contributed by atoms with Gasteiger partial charge in [-0.25, -0.2) is 4.99 Å². The fourth-order valence-electron chi connectivity index (χ4n) is 1.03. The number of benzene rings is 1. The van der Waals surface area contributed by atoms with Gasteiger partial charge in [0.2, 0.25) is 0 Å². The molecule has 0 fully saturated rings. The van der Waals surface area contributed by atoms with Crippen LogP contribution < -0.4 is 5.32 Å². The van der Waals surface area contributed by atoms with Gasteiger partial charge in [0.05, 0.1) is 12.2 Å². The SMILES string of the molecule is Clc1ccc2c(c1)N=C[N]C2. The fraction of sp³-hybridized carbons (Fsp3) is 0.125. The summed E-state index contributed by atoms with van der Waals surface area (Å²) < 4.78 is 0. The van der Waals surface area contributed by atoms with Gasteiger partial charge in [-0.1, -0.05) is 17.7 Å². The zero-order valence-electron chi connectivity index (χ0n) is 5.79. The lowest BCUT2D eigenvalue weighted by molar-refractivity contribution is 0.897. The van der Waals surface area contributed by atoms with Crippen LogP contribution in [0.15, 0.2) is 23.2 Å². The van der Waals surface area contributed by atoms with Crippen molar-refractivity contribution in [2.75, 3.05) is 0 Å². The normalized spacial score (nSPS) is 13.9. The van der Waals surface area contributed by atoms with Crippen molar-refractivity contribution >= 4 is 23.6 Å². The first-order valence-electron chi connectivity index (χ1n) is 3.34. The second kappa shape index (κ2) is 2.55. The van der Waals surface area contributed by atoms with Crippen LogP contribution in [0.2, 0.25) is 5.02 Å². The summed E-state index contributed by atoms with van der Waals surface area (Å²) in [6.45, 7) is 0.718. The Morgan fingerprint density at radius 2 is 2.27 bits per heavy atom. The third kappa shape index (κ3) is 1.21. The van der Waals surface area contributed by atoms with E-state index in [4.69, 9.17) is 11.6 Å². The van der Waals surface area contributed by atoms with E-state index in [9.17, 15) is 0 Å². The Morgan fingerprint density at radius 3 is 3.18 bits per heavy atom. The number of halogens is 1. The number of hydrogen-bond donors (Lipinski definition) is 0. The summed E-state index contributed by atoms with van der Waals surface area (Å²) in [6.07, 6.45) is 1.57. The Hall–Kier alpha value is -1.02. The topological polar surface area (TPSA) is 26.5 Å². The van der Waals surface area contributed by atoms with Crippen molar-refractivity contribution in [3.05, 3.63) is 28.8 Å². The standard InChI is InChI=1S/C8H6ClN2/c9-7-2-1-6-4-10-5-11-8(6)3-7/h1-3,5H,4H2. The van der Waals surface area contributed by atoms with Crippen molar-refractivity contribution in [1.29, 1.82) is 0 Å². The minimum absolute atomic E-state index is 0.718. The summed E-state index contributed by atoms with van der Waals surface area (Å²) in [7, 11) is 0. The lowest BCUT2D eigenvalue weighted by Crippen LogP contribution is -2.06. The molecule has 55 valence electrons. The molecule has 1 radical (unpaired) electrons. The van der Waals surface area contributed by atoms with Crippen LogP contribution >= 0.6 is 11.6 Å². The highest BCUT2D eigenvalue weighted by molar-refractivity contribution is 6.30. The average molecular weight is 166 g/mol. The minimum Gasteiger partial charge on any atom is -0.269 e. The van der Waals surface area contributed by atoms with Gasteiger partial charge in [-0.05, 0) is 17.7 Å². The highest BCUT2D eigenvalue weighted by Gasteiger charge is 2.04. The van der Waals surface area contributed by atoms with E-state index in [-0.39, 0.29) is 0 Å². The molecule has 1 aliphatic heterocycles. The van der Waals surface area contributed by atoms with Crippen LogP contribution in [-0.2, 0) is 6.54 Å². The van der Waals surface area contributed by atoms with Crippen molar-refractivity contribution in [2.45, 2.75) is 6.54 Å². The Morgan fingerprint density at radius 1 is 1.36 bits per heavy atom. The predicted octanol–water partition coefficient (Wildman–Crippen LogP) is 2.12. The number of aliphatic imine (C=N–C) groups is 1. The van der Waals surface area contributed by atoms with E-state index in [1.807, 2.05) is 18.2 Å². The van der Waals surface area contributed by atoms with Crippen molar-refractivity contribution in [3.63, 3.8) is 0 Å². The monoisotopic (exact) mass is 165 g/mol. The summed E-state index contributed by atoms with van der Waals surface area (Å²) in [4.78, 5) is 4.08. The van der Waals surface area contributed by atoms with Gasteiger partial charge in [-0.15, -0.1) is 0 Å². The van der Waals surface area contributed by atoms with Crippen LogP contribution in [0.1, 0.15) is 5.56 Å². The molecule has 2 rings (SSSR count). The quantitative estimate of drug-likeness (QED) is 0.563. The highest BCUT2D eigenvalue weighted by atomic mass is 35.5. The van der Waals surface area contributed by atoms with Crippen molar-refractivity contribution in [2.24, 2.45) is 4.99 Å². The molecule has 0 saturated heterocycles. The molecule has 1 aromatic carbocycles. The molecular formula is C8H6ClN2. The maximum absolute atomic E-state index is 5.77. The van der Waals surface area contributed by atoms with Crippen molar-refractivity contribution in [1.82, 2.24) is 5.32 Å². The summed E-state index contributed by atoms with van der Waals surface area (Å²) in [5, 5.41) is 4.74. The molecule has 0 amide bonds. The Bertz CT molecular complexity index is 307. The second-order valence-electron chi connectivity index (χ2n) is 2.36. The predicted molar refractivity (Wildman–Crippen MR) is 45.4 cm³/mol. The maximum Gasteiger partial charge on any atom is 0.110 e. The summed E-state index contributed by atoms with van der Waals surface area (Å²) >= 11 is 5.77. The Balaban J connectivity index is 2.54. The molecule has 0 unspecified atom stereocenters. The maximum atomic E-state index is 5.77. The largest absolute Gasteiger partial charge is 0.269 e. The molecule has 2 nitrogen and oxygen atoms in total. The van der Waals surface area contributed by atoms with Crippen LogP contribution in [0, 0.1) is 0 Å². The third-order valence-electron chi connectivity index (χ3n) is 1.59. The molecule has 11 heavy (non-hydrogen) atoms. The minimum atomic E-state index is 0.718. The van der Waals surface area contributed by atoms with Gasteiger partial charge >= 0.3 is 0 Å². The van der Waals surface area contributed by atoms with Crippen LogP contribution in [0.5, 0.6) is 0 Å². The lowest BCUT2D eigenvalue weighted by Gasteiger charge is -2.08. The molecule has 3 heteroatoms. The van der Waals surface area contributed by atoms with E-state index in [2.05, 4.69) is 10.3 Å². The van der Waals surface area contributed by atoms with Gasteiger partial charge in [0.15, 0.2) is 0 Å². The van der Waals surface area contributed by atoms with Crippen LogP contribution in [0.4, 0.5) is 5.69 Å². The number of fused-ring (bicyclic) bond motifs is 1. The van der Waals surface area contributed by atoms with Crippen LogP contribution in [0.25, 0.3) is 0 Å². The Kier molecular flexibility index (Phi) is 1.55. The van der Waals surface area contributed by atoms with E-state index in [0.717, 1.165) is 22.8 Å². The lowest BCUT2D eigenvalue weighted by atomic mass is 10.1. The first-order valence-corrected chi connectivity index (χ1v) is 3.71. The van der Waals surface area contributed by atoms with Crippen molar-refractivity contribution < 1.29 is 0 Å². The number of rotatable bonds is 0. The molecule has 1 heterocycles. The van der Waals surface area contributed by atoms with Gasteiger partial charge < -0.3 is 0 Å². The fourth-order valence-corrected chi connectivity index (χ4v) is 1.20. The molecule has 0 spiro atoms. The molecule has 0 bridgehead atoms. The highest BCUT2D eigenvalue weighted by Crippen LogP contribution is 2.24. The molecule has 1 aromatic rings. The molecule has 1 aliphatic rings. The number of nitrogens with zero attached hydrogens (tertiary/aromatic N) is 2. The number of hydrogen-bond acceptors (Lipinski definition) is 1. The zero-order chi connectivity index (χ0) is 7.68. The molecule has 0 aliphatic carbocycles. The third-order valence-corrected chi connectivity index (χ3v) is 1.82. The van der Waals surface area contributed by atoms with Gasteiger partial charge in [-0.2, -0.15) is 0 Å². The van der Waals surface area contributed by atoms with E-state index >= 15 is 0 Å². The molecule has 0 N–H and O–H groups in total. The summed E-state index contributed by atoms with van der Waals surface area (Å²) in [5.41, 5.74) is 2.07. The van der Waals surface area contributed by atoms with E-state index in [1.165, 1.54) is 0 Å². The van der Waals surface area contributed by atoms with E-state index < -0.39 is 0 Å².